The summed E-state index contributed by atoms with van der Waals surface area (Å²) in [4.78, 5) is 10.0. The lowest BCUT2D eigenvalue weighted by atomic mass is 10.4. The van der Waals surface area contributed by atoms with Crippen LogP contribution in [0.4, 0.5) is 0 Å². The van der Waals surface area contributed by atoms with Crippen LogP contribution in [0, 0.1) is 0 Å². The third-order valence-corrected chi connectivity index (χ3v) is 1.000. The molecule has 9 heavy (non-hydrogen) atoms. The summed E-state index contributed by atoms with van der Waals surface area (Å²) in [5, 5.41) is 0. The Morgan fingerprint density at radius 1 is 1.67 bits per heavy atom. The Hall–Kier alpha value is -1.09. The van der Waals surface area contributed by atoms with Gasteiger partial charge in [0.1, 0.15) is 5.76 Å². The second-order valence-corrected chi connectivity index (χ2v) is 1.63. The highest BCUT2D eigenvalue weighted by atomic mass is 16.3. The summed E-state index contributed by atoms with van der Waals surface area (Å²) >= 11 is 0. The Morgan fingerprint density at radius 3 is 2.78 bits per heavy atom. The maximum Gasteiger partial charge on any atom is 0.185 e. The molecule has 0 fully saturated rings. The van der Waals surface area contributed by atoms with Crippen molar-refractivity contribution in [1.29, 1.82) is 0 Å². The third-order valence-electron chi connectivity index (χ3n) is 1.000. The van der Waals surface area contributed by atoms with Crippen molar-refractivity contribution in [3.63, 3.8) is 0 Å². The van der Waals surface area contributed by atoms with Crippen molar-refractivity contribution < 1.29 is 9.21 Å². The van der Waals surface area contributed by atoms with Gasteiger partial charge in [0.05, 0.1) is 6.54 Å². The van der Waals surface area contributed by atoms with E-state index in [0.717, 1.165) is 0 Å². The monoisotopic (exact) mass is 125 g/mol. The van der Waals surface area contributed by atoms with Gasteiger partial charge in [-0.15, -0.1) is 0 Å². The van der Waals surface area contributed by atoms with Crippen molar-refractivity contribution in [2.75, 3.05) is 0 Å². The van der Waals surface area contributed by atoms with Gasteiger partial charge in [-0.05, 0) is 12.1 Å². The normalized spacial score (nSPS) is 9.44. The standard InChI is InChI=1S/C6H7NO2/c7-3-5-1-2-6(4-8)9-5/h1-2,4H,3,7H2. The number of carbonyl (C=O) groups excluding carboxylic acids is 1. The molecule has 0 bridgehead atoms. The molecular formula is C6H7NO2. The minimum atomic E-state index is 0.329. The van der Waals surface area contributed by atoms with Crippen LogP contribution in [0.2, 0.25) is 0 Å². The molecule has 0 amide bonds. The van der Waals surface area contributed by atoms with Crippen LogP contribution in [0.3, 0.4) is 0 Å². The molecule has 0 aliphatic carbocycles. The summed E-state index contributed by atoms with van der Waals surface area (Å²) in [5.74, 6) is 0.965. The van der Waals surface area contributed by atoms with Gasteiger partial charge in [-0.3, -0.25) is 4.79 Å². The fraction of sp³-hybridized carbons (Fsp3) is 0.167. The molecule has 0 radical (unpaired) electrons. The van der Waals surface area contributed by atoms with E-state index in [1.807, 2.05) is 0 Å². The van der Waals surface area contributed by atoms with Gasteiger partial charge in [0.2, 0.25) is 0 Å². The number of carbonyl (C=O) groups is 1. The fourth-order valence-corrected chi connectivity index (χ4v) is 0.568. The largest absolute Gasteiger partial charge is 0.457 e. The Morgan fingerprint density at radius 2 is 2.44 bits per heavy atom. The second-order valence-electron chi connectivity index (χ2n) is 1.63. The first-order valence-electron chi connectivity index (χ1n) is 2.61. The van der Waals surface area contributed by atoms with E-state index in [4.69, 9.17) is 10.2 Å². The smallest absolute Gasteiger partial charge is 0.185 e. The Balaban J connectivity index is 2.86. The third kappa shape index (κ3) is 1.17. The lowest BCUT2D eigenvalue weighted by Crippen LogP contribution is -1.92. The first-order chi connectivity index (χ1) is 4.36. The zero-order chi connectivity index (χ0) is 6.69. The molecule has 0 aliphatic heterocycles. The van der Waals surface area contributed by atoms with Gasteiger partial charge in [0, 0.05) is 0 Å². The van der Waals surface area contributed by atoms with E-state index < -0.39 is 0 Å². The molecule has 0 saturated heterocycles. The molecule has 2 N–H and O–H groups in total. The average Bonchev–Trinajstić information content (AvgIpc) is 2.34. The number of nitrogens with two attached hydrogens (primary N) is 1. The number of rotatable bonds is 2. The van der Waals surface area contributed by atoms with Gasteiger partial charge in [-0.2, -0.15) is 0 Å². The van der Waals surface area contributed by atoms with Crippen LogP contribution in [0.5, 0.6) is 0 Å². The van der Waals surface area contributed by atoms with Crippen molar-refractivity contribution >= 4 is 6.29 Å². The minimum Gasteiger partial charge on any atom is -0.457 e. The van der Waals surface area contributed by atoms with Crippen LogP contribution in [0.1, 0.15) is 16.3 Å². The van der Waals surface area contributed by atoms with E-state index >= 15 is 0 Å². The molecule has 1 aromatic rings. The fourth-order valence-electron chi connectivity index (χ4n) is 0.568. The molecule has 0 spiro atoms. The highest BCUT2D eigenvalue weighted by Gasteiger charge is 1.95. The van der Waals surface area contributed by atoms with E-state index in [1.165, 1.54) is 0 Å². The van der Waals surface area contributed by atoms with Gasteiger partial charge in [-0.25, -0.2) is 0 Å². The van der Waals surface area contributed by atoms with Gasteiger partial charge in [0.25, 0.3) is 0 Å². The number of hydrogen-bond acceptors (Lipinski definition) is 3. The number of furan rings is 1. The van der Waals surface area contributed by atoms with E-state index in [1.54, 1.807) is 12.1 Å². The molecule has 0 saturated carbocycles. The predicted octanol–water partition coefficient (Wildman–Crippen LogP) is 0.551. The summed E-state index contributed by atoms with van der Waals surface area (Å²) in [6, 6.07) is 3.28. The number of aldehydes is 1. The summed E-state index contributed by atoms with van der Waals surface area (Å²) in [6.45, 7) is 0.341. The minimum absolute atomic E-state index is 0.329. The zero-order valence-corrected chi connectivity index (χ0v) is 4.83. The van der Waals surface area contributed by atoms with E-state index in [-0.39, 0.29) is 0 Å². The quantitative estimate of drug-likeness (QED) is 0.587. The Kier molecular flexibility index (Phi) is 1.65. The summed E-state index contributed by atoms with van der Waals surface area (Å²) in [6.07, 6.45) is 0.652. The van der Waals surface area contributed by atoms with Crippen LogP contribution in [0.15, 0.2) is 16.5 Å². The van der Waals surface area contributed by atoms with E-state index in [0.29, 0.717) is 24.4 Å². The molecule has 48 valence electrons. The summed E-state index contributed by atoms with van der Waals surface area (Å²) in [5.41, 5.74) is 5.21. The van der Waals surface area contributed by atoms with Crippen LogP contribution < -0.4 is 5.73 Å². The number of hydrogen-bond donors (Lipinski definition) is 1. The van der Waals surface area contributed by atoms with Crippen LogP contribution in [-0.4, -0.2) is 6.29 Å². The highest BCUT2D eigenvalue weighted by Crippen LogP contribution is 2.03. The van der Waals surface area contributed by atoms with Gasteiger partial charge < -0.3 is 10.2 Å². The first-order valence-corrected chi connectivity index (χ1v) is 2.61. The highest BCUT2D eigenvalue weighted by molar-refractivity contribution is 5.70. The maximum atomic E-state index is 10.0. The molecule has 1 rings (SSSR count). The SMILES string of the molecule is NCc1ccc(C=O)o1. The van der Waals surface area contributed by atoms with Crippen molar-refractivity contribution in [3.05, 3.63) is 23.7 Å². The zero-order valence-electron chi connectivity index (χ0n) is 4.83. The van der Waals surface area contributed by atoms with Crippen LogP contribution in [0.25, 0.3) is 0 Å². The molecule has 0 aliphatic rings. The van der Waals surface area contributed by atoms with Gasteiger partial charge in [-0.1, -0.05) is 0 Å². The topological polar surface area (TPSA) is 56.2 Å². The maximum absolute atomic E-state index is 10.0. The Labute approximate surface area is 52.5 Å². The molecule has 3 heteroatoms. The summed E-state index contributed by atoms with van der Waals surface area (Å²) < 4.78 is 4.89. The first kappa shape index (κ1) is 6.04. The van der Waals surface area contributed by atoms with Crippen molar-refractivity contribution in [2.24, 2.45) is 5.73 Å². The van der Waals surface area contributed by atoms with Gasteiger partial charge in [0.15, 0.2) is 12.0 Å². The molecule has 1 heterocycles. The average molecular weight is 125 g/mol. The van der Waals surface area contributed by atoms with Crippen LogP contribution >= 0.6 is 0 Å². The van der Waals surface area contributed by atoms with Crippen molar-refractivity contribution in [3.8, 4) is 0 Å². The van der Waals surface area contributed by atoms with Gasteiger partial charge >= 0.3 is 0 Å². The molecule has 0 atom stereocenters. The molecule has 1 aromatic heterocycles. The lowest BCUT2D eigenvalue weighted by Gasteiger charge is -1.83. The molecular weight excluding hydrogens is 118 g/mol. The molecule has 0 aromatic carbocycles. The lowest BCUT2D eigenvalue weighted by molar-refractivity contribution is 0.109. The predicted molar refractivity (Wildman–Crippen MR) is 32.0 cm³/mol. The van der Waals surface area contributed by atoms with Crippen molar-refractivity contribution in [2.45, 2.75) is 6.54 Å². The van der Waals surface area contributed by atoms with E-state index in [9.17, 15) is 4.79 Å². The van der Waals surface area contributed by atoms with Crippen molar-refractivity contribution in [1.82, 2.24) is 0 Å². The molecule has 3 nitrogen and oxygen atoms in total. The molecule has 0 unspecified atom stereocenters. The Bertz CT molecular complexity index is 205. The summed E-state index contributed by atoms with van der Waals surface area (Å²) in [7, 11) is 0. The second kappa shape index (κ2) is 2.46. The van der Waals surface area contributed by atoms with E-state index in [2.05, 4.69) is 0 Å². The van der Waals surface area contributed by atoms with Crippen LogP contribution in [-0.2, 0) is 6.54 Å².